The Hall–Kier alpha value is -2.62. The summed E-state index contributed by atoms with van der Waals surface area (Å²) in [6.45, 7) is 12.3. The predicted octanol–water partition coefficient (Wildman–Crippen LogP) is 2.77. The highest BCUT2D eigenvalue weighted by Gasteiger charge is 2.50. The number of benzene rings is 1. The average Bonchev–Trinajstić information content (AvgIpc) is 2.84. The first-order valence-corrected chi connectivity index (χ1v) is 12.8. The molecule has 3 heterocycles. The zero-order valence-electron chi connectivity index (χ0n) is 21.7. The first kappa shape index (κ1) is 26.4. The Labute approximate surface area is 212 Å². The molecule has 3 aliphatic heterocycles. The van der Waals surface area contributed by atoms with Crippen LogP contribution in [0.2, 0.25) is 0 Å². The first-order valence-electron chi connectivity index (χ1n) is 12.8. The Balaban J connectivity index is 1.69. The fraction of sp³-hybridized carbons (Fsp3) is 0.630. The lowest BCUT2D eigenvalue weighted by Crippen LogP contribution is -2.57. The van der Waals surface area contributed by atoms with Crippen LogP contribution in [0.1, 0.15) is 51.3 Å². The second-order valence-electron chi connectivity index (χ2n) is 10.5. The Bertz CT molecular complexity index is 979. The van der Waals surface area contributed by atoms with E-state index >= 15 is 0 Å². The number of nitrogens with zero attached hydrogens (tertiary/aromatic N) is 2. The fourth-order valence-corrected chi connectivity index (χ4v) is 5.00. The van der Waals surface area contributed by atoms with E-state index in [-0.39, 0.29) is 23.5 Å². The van der Waals surface area contributed by atoms with Crippen molar-refractivity contribution >= 4 is 18.0 Å². The SMILES string of the molecule is CC(C)CC(=O)OC1C(N2CCOCC2)c2c(ccc(C=CC(=O)N3CCOCC3)c2O)OC1(C)C. The van der Waals surface area contributed by atoms with Gasteiger partial charge in [-0.1, -0.05) is 13.8 Å². The zero-order chi connectivity index (χ0) is 25.9. The summed E-state index contributed by atoms with van der Waals surface area (Å²) in [5.41, 5.74) is 0.252. The molecular formula is C27H38N2O7. The molecule has 4 rings (SSSR count). The molecule has 2 atom stereocenters. The molecule has 2 unspecified atom stereocenters. The Morgan fingerprint density at radius 1 is 1.11 bits per heavy atom. The molecule has 0 aromatic heterocycles. The Morgan fingerprint density at radius 3 is 2.39 bits per heavy atom. The van der Waals surface area contributed by atoms with Gasteiger partial charge in [0.2, 0.25) is 5.91 Å². The van der Waals surface area contributed by atoms with Crippen LogP contribution >= 0.6 is 0 Å². The number of amides is 1. The number of hydrogen-bond donors (Lipinski definition) is 1. The van der Waals surface area contributed by atoms with Gasteiger partial charge in [0.05, 0.1) is 38.0 Å². The highest BCUT2D eigenvalue weighted by atomic mass is 16.6. The van der Waals surface area contributed by atoms with Gasteiger partial charge in [0, 0.05) is 44.2 Å². The van der Waals surface area contributed by atoms with Crippen molar-refractivity contribution in [2.75, 3.05) is 52.6 Å². The predicted molar refractivity (Wildman–Crippen MR) is 134 cm³/mol. The van der Waals surface area contributed by atoms with Crippen molar-refractivity contribution in [1.82, 2.24) is 9.80 Å². The van der Waals surface area contributed by atoms with Gasteiger partial charge >= 0.3 is 5.97 Å². The van der Waals surface area contributed by atoms with Crippen molar-refractivity contribution in [2.45, 2.75) is 51.9 Å². The largest absolute Gasteiger partial charge is 0.507 e. The van der Waals surface area contributed by atoms with Gasteiger partial charge in [0.1, 0.15) is 17.1 Å². The smallest absolute Gasteiger partial charge is 0.306 e. The van der Waals surface area contributed by atoms with Crippen LogP contribution in [0, 0.1) is 5.92 Å². The number of rotatable bonds is 6. The first-order chi connectivity index (χ1) is 17.2. The molecule has 0 radical (unpaired) electrons. The van der Waals surface area contributed by atoms with Gasteiger partial charge in [-0.05, 0) is 38.0 Å². The van der Waals surface area contributed by atoms with Gasteiger partial charge in [0.25, 0.3) is 0 Å². The normalized spacial score (nSPS) is 24.4. The van der Waals surface area contributed by atoms with Gasteiger partial charge in [-0.2, -0.15) is 0 Å². The molecule has 1 aromatic rings. The van der Waals surface area contributed by atoms with Crippen molar-refractivity contribution in [3.05, 3.63) is 29.3 Å². The van der Waals surface area contributed by atoms with Gasteiger partial charge in [0.15, 0.2) is 6.10 Å². The molecule has 9 nitrogen and oxygen atoms in total. The summed E-state index contributed by atoms with van der Waals surface area (Å²) < 4.78 is 23.3. The average molecular weight is 503 g/mol. The number of ether oxygens (including phenoxy) is 4. The number of carbonyl (C=O) groups excluding carboxylic acids is 2. The molecule has 1 amide bonds. The molecule has 2 fully saturated rings. The Morgan fingerprint density at radius 2 is 1.75 bits per heavy atom. The third-order valence-electron chi connectivity index (χ3n) is 6.85. The minimum atomic E-state index is -0.821. The molecule has 198 valence electrons. The van der Waals surface area contributed by atoms with Crippen LogP contribution in [0.25, 0.3) is 6.08 Å². The molecule has 0 spiro atoms. The van der Waals surface area contributed by atoms with Gasteiger partial charge in [-0.15, -0.1) is 0 Å². The number of esters is 1. The van der Waals surface area contributed by atoms with Crippen LogP contribution in [0.3, 0.4) is 0 Å². The van der Waals surface area contributed by atoms with E-state index in [4.69, 9.17) is 18.9 Å². The van der Waals surface area contributed by atoms with E-state index in [1.807, 2.05) is 33.8 Å². The van der Waals surface area contributed by atoms with Crippen LogP contribution in [0.15, 0.2) is 18.2 Å². The molecule has 1 N–H and O–H groups in total. The van der Waals surface area contributed by atoms with E-state index < -0.39 is 17.7 Å². The van der Waals surface area contributed by atoms with Crippen LogP contribution in [0.5, 0.6) is 11.5 Å². The van der Waals surface area contributed by atoms with Gasteiger partial charge in [-0.3, -0.25) is 14.5 Å². The van der Waals surface area contributed by atoms with E-state index in [1.165, 1.54) is 6.08 Å². The zero-order valence-corrected chi connectivity index (χ0v) is 21.7. The second kappa shape index (κ2) is 11.2. The van der Waals surface area contributed by atoms with Crippen LogP contribution in [-0.4, -0.2) is 91.1 Å². The minimum Gasteiger partial charge on any atom is -0.507 e. The van der Waals surface area contributed by atoms with Gasteiger partial charge < -0.3 is 29.0 Å². The second-order valence-corrected chi connectivity index (χ2v) is 10.5. The maximum absolute atomic E-state index is 12.8. The van der Waals surface area contributed by atoms with Crippen molar-refractivity contribution in [1.29, 1.82) is 0 Å². The number of aromatic hydroxyl groups is 1. The fourth-order valence-electron chi connectivity index (χ4n) is 5.00. The van der Waals surface area contributed by atoms with E-state index in [0.29, 0.717) is 75.9 Å². The molecule has 3 aliphatic rings. The summed E-state index contributed by atoms with van der Waals surface area (Å²) in [4.78, 5) is 29.3. The molecule has 36 heavy (non-hydrogen) atoms. The lowest BCUT2D eigenvalue weighted by atomic mass is 9.83. The number of carbonyl (C=O) groups is 2. The minimum absolute atomic E-state index is 0.0235. The third-order valence-corrected chi connectivity index (χ3v) is 6.85. The quantitative estimate of drug-likeness (QED) is 0.469. The summed E-state index contributed by atoms with van der Waals surface area (Å²) in [6, 6.07) is 3.14. The maximum Gasteiger partial charge on any atom is 0.306 e. The van der Waals surface area contributed by atoms with E-state index in [9.17, 15) is 14.7 Å². The monoisotopic (exact) mass is 502 g/mol. The van der Waals surface area contributed by atoms with Gasteiger partial charge in [-0.25, -0.2) is 0 Å². The summed E-state index contributed by atoms with van der Waals surface area (Å²) in [5, 5.41) is 11.5. The van der Waals surface area contributed by atoms with Crippen molar-refractivity contribution < 1.29 is 33.6 Å². The van der Waals surface area contributed by atoms with Crippen LogP contribution < -0.4 is 4.74 Å². The van der Waals surface area contributed by atoms with E-state index in [1.54, 1.807) is 17.0 Å². The standard InChI is InChI=1S/C27H38N2O7/c1-18(2)17-22(31)35-26-24(29-11-15-34-16-12-29)23-20(36-27(26,3)4)7-5-19(25(23)32)6-8-21(30)28-9-13-33-14-10-28/h5-8,18,24,26,32H,9-17H2,1-4H3. The summed E-state index contributed by atoms with van der Waals surface area (Å²) >= 11 is 0. The molecule has 0 aliphatic carbocycles. The molecule has 0 saturated carbocycles. The molecular weight excluding hydrogens is 464 g/mol. The molecule has 1 aromatic carbocycles. The molecule has 0 bridgehead atoms. The number of hydrogen-bond acceptors (Lipinski definition) is 8. The number of morpholine rings is 2. The topological polar surface area (TPSA) is 97.8 Å². The highest BCUT2D eigenvalue weighted by Crippen LogP contribution is 2.49. The van der Waals surface area contributed by atoms with E-state index in [2.05, 4.69) is 4.90 Å². The van der Waals surface area contributed by atoms with Crippen molar-refractivity contribution in [3.63, 3.8) is 0 Å². The number of phenols is 1. The highest BCUT2D eigenvalue weighted by molar-refractivity contribution is 5.92. The van der Waals surface area contributed by atoms with Crippen LogP contribution in [0.4, 0.5) is 0 Å². The maximum atomic E-state index is 12.8. The number of fused-ring (bicyclic) bond motifs is 1. The van der Waals surface area contributed by atoms with Crippen molar-refractivity contribution in [2.24, 2.45) is 5.92 Å². The van der Waals surface area contributed by atoms with E-state index in [0.717, 1.165) is 0 Å². The summed E-state index contributed by atoms with van der Waals surface area (Å²) in [5.74, 6) is 0.309. The summed E-state index contributed by atoms with van der Waals surface area (Å²) in [6.07, 6.45) is 2.76. The lowest BCUT2D eigenvalue weighted by Gasteiger charge is -2.48. The van der Waals surface area contributed by atoms with Crippen molar-refractivity contribution in [3.8, 4) is 11.5 Å². The number of phenolic OH excluding ortho intramolecular Hbond substituents is 1. The summed E-state index contributed by atoms with van der Waals surface area (Å²) in [7, 11) is 0. The molecule has 2 saturated heterocycles. The lowest BCUT2D eigenvalue weighted by molar-refractivity contribution is -0.175. The third kappa shape index (κ3) is 5.85. The van der Waals surface area contributed by atoms with Crippen LogP contribution in [-0.2, 0) is 23.8 Å². The molecule has 9 heteroatoms. The Kier molecular flexibility index (Phi) is 8.22.